The Hall–Kier alpha value is -4.10. The number of aromatic carboxylic acids is 1. The largest absolute Gasteiger partial charge is 0.586 e. The van der Waals surface area contributed by atoms with Crippen LogP contribution in [0, 0.1) is 11.8 Å². The molecule has 1 aliphatic heterocycles. The molecule has 1 aliphatic rings. The highest BCUT2D eigenvalue weighted by molar-refractivity contribution is 7.92. The van der Waals surface area contributed by atoms with Crippen LogP contribution in [-0.4, -0.2) is 25.8 Å². The van der Waals surface area contributed by atoms with Crippen LogP contribution >= 0.6 is 0 Å². The number of hydrogen-bond donors (Lipinski definition) is 2. The highest BCUT2D eigenvalue weighted by Gasteiger charge is 2.46. The van der Waals surface area contributed by atoms with E-state index in [2.05, 4.69) is 26.0 Å². The molecular weight excluding hydrogens is 444 g/mol. The molecule has 0 aromatic heterocycles. The smallest absolute Gasteiger partial charge is 0.478 e. The molecule has 0 unspecified atom stereocenters. The number of anilines is 1. The molecule has 2 N–H and O–H groups in total. The van der Waals surface area contributed by atoms with Gasteiger partial charge in [0.25, 0.3) is 10.0 Å². The first-order chi connectivity index (χ1) is 15.1. The van der Waals surface area contributed by atoms with Gasteiger partial charge in [-0.15, -0.1) is 8.78 Å². The summed E-state index contributed by atoms with van der Waals surface area (Å²) < 4.78 is 63.6. The molecule has 7 nitrogen and oxygen atoms in total. The van der Waals surface area contributed by atoms with Crippen molar-refractivity contribution in [3.63, 3.8) is 0 Å². The number of alkyl halides is 2. The highest BCUT2D eigenvalue weighted by atomic mass is 32.2. The van der Waals surface area contributed by atoms with Crippen molar-refractivity contribution < 1.29 is 36.6 Å². The number of carboxylic acids is 1. The van der Waals surface area contributed by atoms with Gasteiger partial charge in [0.15, 0.2) is 11.5 Å². The van der Waals surface area contributed by atoms with E-state index in [0.29, 0.717) is 11.1 Å². The molecule has 0 saturated heterocycles. The van der Waals surface area contributed by atoms with E-state index in [9.17, 15) is 22.0 Å². The van der Waals surface area contributed by atoms with Crippen LogP contribution in [0.3, 0.4) is 0 Å². The fourth-order valence-corrected chi connectivity index (χ4v) is 4.09. The Morgan fingerprint density at radius 3 is 2.38 bits per heavy atom. The minimum absolute atomic E-state index is 0.107. The minimum atomic E-state index is -4.33. The van der Waals surface area contributed by atoms with Gasteiger partial charge in [-0.25, -0.2) is 13.2 Å². The summed E-state index contributed by atoms with van der Waals surface area (Å²) in [7, 11) is -4.33. The Bertz CT molecular complexity index is 1380. The average molecular weight is 457 g/mol. The molecule has 3 aromatic rings. The first kappa shape index (κ1) is 21.1. The first-order valence-electron chi connectivity index (χ1n) is 9.01. The monoisotopic (exact) mass is 457 g/mol. The van der Waals surface area contributed by atoms with Crippen LogP contribution in [-0.2, 0) is 10.0 Å². The van der Waals surface area contributed by atoms with E-state index in [1.807, 2.05) is 0 Å². The Balaban J connectivity index is 1.64. The average Bonchev–Trinajstić information content (AvgIpc) is 3.06. The number of carboxylic acid groups (broad SMARTS) is 1. The van der Waals surface area contributed by atoms with Crippen molar-refractivity contribution in [2.24, 2.45) is 0 Å². The lowest BCUT2D eigenvalue weighted by atomic mass is 10.1. The van der Waals surface area contributed by atoms with E-state index in [1.165, 1.54) is 42.5 Å². The van der Waals surface area contributed by atoms with Crippen LogP contribution in [0.2, 0.25) is 0 Å². The van der Waals surface area contributed by atoms with Crippen molar-refractivity contribution in [1.82, 2.24) is 0 Å². The molecular formula is C22H13F2NO6S. The normalized spacial score (nSPS) is 13.7. The predicted octanol–water partition coefficient (Wildman–Crippen LogP) is 3.91. The van der Waals surface area contributed by atoms with Crippen LogP contribution in [0.1, 0.15) is 21.5 Å². The summed E-state index contributed by atoms with van der Waals surface area (Å²) in [6, 6.07) is 15.6. The van der Waals surface area contributed by atoms with Crippen LogP contribution in [0.5, 0.6) is 11.5 Å². The topological polar surface area (TPSA) is 102 Å². The van der Waals surface area contributed by atoms with Gasteiger partial charge in [0.05, 0.1) is 11.3 Å². The zero-order valence-electron chi connectivity index (χ0n) is 16.0. The number of halogens is 2. The summed E-state index contributed by atoms with van der Waals surface area (Å²) in [6.45, 7) is 0. The fraction of sp³-hybridized carbons (Fsp3) is 0.0455. The van der Waals surface area contributed by atoms with E-state index in [-0.39, 0.29) is 11.3 Å². The summed E-state index contributed by atoms with van der Waals surface area (Å²) in [5.41, 5.74) is 1.05. The number of nitrogens with one attached hydrogen (secondary N) is 1. The Kier molecular flexibility index (Phi) is 5.20. The van der Waals surface area contributed by atoms with E-state index >= 15 is 0 Å². The van der Waals surface area contributed by atoms with Crippen LogP contribution < -0.4 is 14.2 Å². The van der Waals surface area contributed by atoms with Crippen molar-refractivity contribution in [3.8, 4) is 23.3 Å². The molecule has 0 atom stereocenters. The lowest BCUT2D eigenvalue weighted by molar-refractivity contribution is -0.287. The zero-order chi connectivity index (χ0) is 22.9. The van der Waals surface area contributed by atoms with Crippen LogP contribution in [0.15, 0.2) is 71.6 Å². The number of sulfonamides is 1. The minimum Gasteiger partial charge on any atom is -0.478 e. The van der Waals surface area contributed by atoms with Crippen molar-refractivity contribution in [3.05, 3.63) is 83.4 Å². The third-order valence-corrected chi connectivity index (χ3v) is 5.72. The molecule has 3 aromatic carbocycles. The summed E-state index contributed by atoms with van der Waals surface area (Å²) in [4.78, 5) is 10.4. The van der Waals surface area contributed by atoms with Gasteiger partial charge in [-0.2, -0.15) is 0 Å². The summed E-state index contributed by atoms with van der Waals surface area (Å²) in [5.74, 6) is 3.59. The van der Waals surface area contributed by atoms with Gasteiger partial charge in [0.1, 0.15) is 4.90 Å². The van der Waals surface area contributed by atoms with Gasteiger partial charge in [-0.1, -0.05) is 30.0 Å². The molecule has 0 aliphatic carbocycles. The first-order valence-corrected chi connectivity index (χ1v) is 10.5. The van der Waals surface area contributed by atoms with Gasteiger partial charge in [-0.05, 0) is 48.5 Å². The Morgan fingerprint density at radius 1 is 0.938 bits per heavy atom. The molecule has 0 saturated carbocycles. The zero-order valence-corrected chi connectivity index (χ0v) is 16.8. The third kappa shape index (κ3) is 4.33. The highest BCUT2D eigenvalue weighted by Crippen LogP contribution is 2.45. The molecule has 32 heavy (non-hydrogen) atoms. The van der Waals surface area contributed by atoms with Gasteiger partial charge in [-0.3, -0.25) is 4.72 Å². The van der Waals surface area contributed by atoms with Crippen LogP contribution in [0.4, 0.5) is 14.5 Å². The quantitative estimate of drug-likeness (QED) is 0.576. The number of rotatable bonds is 4. The van der Waals surface area contributed by atoms with Crippen molar-refractivity contribution in [2.75, 3.05) is 4.72 Å². The van der Waals surface area contributed by atoms with Gasteiger partial charge < -0.3 is 14.6 Å². The lowest BCUT2D eigenvalue weighted by Crippen LogP contribution is -2.26. The van der Waals surface area contributed by atoms with E-state index < -0.39 is 38.7 Å². The summed E-state index contributed by atoms with van der Waals surface area (Å²) in [5, 5.41) is 8.95. The number of carbonyl (C=O) groups is 1. The SMILES string of the molecule is O=C(O)c1ccc(C#Cc2ccccc2NS(=O)(=O)c2cccc3c2OC(F)(F)O3)cc1. The molecule has 1 heterocycles. The number of para-hydroxylation sites is 2. The summed E-state index contributed by atoms with van der Waals surface area (Å²) >= 11 is 0. The molecule has 4 rings (SSSR count). The molecule has 0 spiro atoms. The maximum Gasteiger partial charge on any atom is 0.586 e. The second-order valence-electron chi connectivity index (χ2n) is 6.53. The maximum atomic E-state index is 13.4. The third-order valence-electron chi connectivity index (χ3n) is 4.33. The molecule has 0 amide bonds. The number of fused-ring (bicyclic) bond motifs is 1. The van der Waals surface area contributed by atoms with Gasteiger partial charge >= 0.3 is 12.3 Å². The number of benzene rings is 3. The van der Waals surface area contributed by atoms with Crippen molar-refractivity contribution in [1.29, 1.82) is 0 Å². The van der Waals surface area contributed by atoms with Gasteiger partial charge in [0, 0.05) is 11.1 Å². The number of hydrogen-bond acceptors (Lipinski definition) is 5. The van der Waals surface area contributed by atoms with Crippen molar-refractivity contribution in [2.45, 2.75) is 11.2 Å². The molecule has 0 radical (unpaired) electrons. The molecule has 162 valence electrons. The predicted molar refractivity (Wildman–Crippen MR) is 109 cm³/mol. The molecule has 0 bridgehead atoms. The van der Waals surface area contributed by atoms with E-state index in [1.54, 1.807) is 18.2 Å². The summed E-state index contributed by atoms with van der Waals surface area (Å²) in [6.07, 6.45) is -3.96. The van der Waals surface area contributed by atoms with Crippen molar-refractivity contribution >= 4 is 21.7 Å². The van der Waals surface area contributed by atoms with Crippen LogP contribution in [0.25, 0.3) is 0 Å². The standard InChI is InChI=1S/C22H13F2NO6S/c23-22(24)30-18-6-3-7-19(20(18)31-22)32(28,29)25-17-5-2-1-4-15(17)11-8-14-9-12-16(13-10-14)21(26)27/h1-7,9-10,12-13,25H,(H,26,27). The molecule has 0 fully saturated rings. The fourth-order valence-electron chi connectivity index (χ4n) is 2.87. The van der Waals surface area contributed by atoms with E-state index in [4.69, 9.17) is 5.11 Å². The molecule has 10 heteroatoms. The second-order valence-corrected chi connectivity index (χ2v) is 8.19. The van der Waals surface area contributed by atoms with Gasteiger partial charge in [0.2, 0.25) is 0 Å². The van der Waals surface area contributed by atoms with E-state index in [0.717, 1.165) is 6.07 Å². The Labute approximate surface area is 181 Å². The lowest BCUT2D eigenvalue weighted by Gasteiger charge is -2.11. The second kappa shape index (κ2) is 7.86. The number of ether oxygens (including phenoxy) is 2. The maximum absolute atomic E-state index is 13.4. The Morgan fingerprint density at radius 2 is 1.66 bits per heavy atom.